The third-order valence-electron chi connectivity index (χ3n) is 20.1. The van der Waals surface area contributed by atoms with E-state index in [4.69, 9.17) is 40.8 Å². The van der Waals surface area contributed by atoms with E-state index in [1.807, 2.05) is 114 Å². The van der Waals surface area contributed by atoms with Gasteiger partial charge in [0.1, 0.15) is 23.3 Å². The highest BCUT2D eigenvalue weighted by Crippen LogP contribution is 2.32. The van der Waals surface area contributed by atoms with Crippen LogP contribution in [0.4, 0.5) is 0 Å². The maximum absolute atomic E-state index is 11.4. The lowest BCUT2D eigenvalue weighted by Gasteiger charge is -2.33. The fraction of sp³-hybridized carbons (Fsp3) is 0.255. The molecule has 0 aliphatic carbocycles. The molecule has 23 nitrogen and oxygen atoms in total. The molecule has 1 aliphatic heterocycles. The average Bonchev–Trinajstić information content (AvgIpc) is 1.68. The number of rotatable bonds is 29. The van der Waals surface area contributed by atoms with Gasteiger partial charge in [-0.25, -0.2) is 41.9 Å². The number of piperidine rings is 1. The third kappa shape index (κ3) is 25.2. The van der Waals surface area contributed by atoms with E-state index in [0.717, 1.165) is 193 Å². The average molecular weight is 1570 g/mol. The number of nitrogens with one attached hydrogen (secondary N) is 5. The van der Waals surface area contributed by atoms with E-state index in [0.29, 0.717) is 12.6 Å². The molecule has 117 heavy (non-hydrogen) atoms. The minimum Gasteiger partial charge on any atom is -0.395 e. The number of hydrogen-bond donors (Lipinski definition) is 10. The summed E-state index contributed by atoms with van der Waals surface area (Å²) in [5.41, 5.74) is 24.3. The van der Waals surface area contributed by atoms with E-state index in [2.05, 4.69) is 167 Å². The molecule has 10 N–H and O–H groups in total. The van der Waals surface area contributed by atoms with Crippen molar-refractivity contribution in [3.8, 4) is 0 Å². The zero-order valence-electron chi connectivity index (χ0n) is 66.7. The van der Waals surface area contributed by atoms with Crippen molar-refractivity contribution in [2.75, 3.05) is 26.2 Å². The number of hydrogen-bond acceptors (Lipinski definition) is 15. The second-order valence-electron chi connectivity index (χ2n) is 29.8. The molecule has 4 amide bonds. The quantitative estimate of drug-likeness (QED) is 0.00902. The Balaban J connectivity index is 0.000000155. The number of nitrogens with zero attached hydrogens (tertiary/aromatic N) is 9. The standard InChI is InChI=1S/C30H32N4O2.C23H27N3O2.C21H24N4O2.C20H21N3O3/c35-30(32-36)16-13-24-11-14-28-27(21-24)31-29(15-12-23-7-3-1-4-8-23)34(28)26-17-19-33(20-18-26)22-25-9-5-2-6-10-25;1-23(2,3)16-26-20-12-9-18(11-14-22(27)25-28)15-19(20)24-21(26)13-10-17-7-5-4-6-8-17;1-2-25-19-10-8-16(9-11-21(26)24-27)14-18(19)23-20(25)12-13-22-15-17-6-4-3-5-7-17;24-13-12-23-18-9-6-16(8-11-20(25)22-26)14-17(18)21-19(23)10-7-15-4-2-1-3-5-15/h1-11,13-14,16,21,26,36H,12,15,17-20,22H2,(H,32,35);4-9,11-12,14-15,28H,10,13,16H2,1-3H3,(H,25,27);3-11,14,22,27H,2,12-13,15H2,1H3,(H,24,26);1-6,8-9,11,14,24,26H,7,10,12-13H2,(H,22,25)/b16-13+;14-11+;11-9+;11-8+. The summed E-state index contributed by atoms with van der Waals surface area (Å²) in [5, 5.41) is 47.3. The van der Waals surface area contributed by atoms with Gasteiger partial charge >= 0.3 is 0 Å². The molecule has 0 spiro atoms. The van der Waals surface area contributed by atoms with Gasteiger partial charge in [-0.1, -0.05) is 197 Å². The number of likely N-dealkylation sites (tertiary alicyclic amines) is 1. The van der Waals surface area contributed by atoms with E-state index in [9.17, 15) is 24.3 Å². The third-order valence-corrected chi connectivity index (χ3v) is 20.1. The van der Waals surface area contributed by atoms with Crippen molar-refractivity contribution in [2.24, 2.45) is 5.41 Å². The van der Waals surface area contributed by atoms with Crippen LogP contribution in [0.3, 0.4) is 0 Å². The van der Waals surface area contributed by atoms with Crippen molar-refractivity contribution in [3.05, 3.63) is 322 Å². The number of hydroxylamine groups is 4. The van der Waals surface area contributed by atoms with Crippen molar-refractivity contribution in [2.45, 2.75) is 124 Å². The molecular formula is C94H104N14O9. The summed E-state index contributed by atoms with van der Waals surface area (Å²) >= 11 is 0. The van der Waals surface area contributed by atoms with Gasteiger partial charge in [0, 0.05) is 108 Å². The number of aromatic nitrogens is 8. The van der Waals surface area contributed by atoms with E-state index in [1.165, 1.54) is 52.1 Å². The summed E-state index contributed by atoms with van der Waals surface area (Å²) in [6, 6.07) is 76.4. The van der Waals surface area contributed by atoms with Crippen molar-refractivity contribution in [1.82, 2.24) is 70.3 Å². The van der Waals surface area contributed by atoms with Gasteiger partial charge < -0.3 is 28.7 Å². The number of carbonyl (C=O) groups is 4. The Morgan fingerprint density at radius 1 is 0.410 bits per heavy atom. The zero-order chi connectivity index (χ0) is 82.3. The van der Waals surface area contributed by atoms with Gasteiger partial charge in [0.25, 0.3) is 23.6 Å². The van der Waals surface area contributed by atoms with Crippen LogP contribution in [0.15, 0.2) is 249 Å². The Kier molecular flexibility index (Phi) is 31.5. The summed E-state index contributed by atoms with van der Waals surface area (Å²) in [7, 11) is 0. The molecule has 9 aromatic carbocycles. The van der Waals surface area contributed by atoms with Gasteiger partial charge in [0.2, 0.25) is 0 Å². The van der Waals surface area contributed by atoms with Crippen LogP contribution in [-0.2, 0) is 96.8 Å². The number of imidazole rings is 4. The van der Waals surface area contributed by atoms with Crippen LogP contribution in [0, 0.1) is 5.41 Å². The molecule has 23 heteroatoms. The largest absolute Gasteiger partial charge is 0.395 e. The monoisotopic (exact) mass is 1570 g/mol. The van der Waals surface area contributed by atoms with Gasteiger partial charge in [0.05, 0.1) is 50.7 Å². The molecule has 0 bridgehead atoms. The summed E-state index contributed by atoms with van der Waals surface area (Å²) in [6.45, 7) is 15.9. The van der Waals surface area contributed by atoms with E-state index < -0.39 is 23.6 Å². The van der Waals surface area contributed by atoms with Crippen molar-refractivity contribution < 1.29 is 45.1 Å². The Morgan fingerprint density at radius 3 is 1.15 bits per heavy atom. The molecule has 0 atom stereocenters. The zero-order valence-corrected chi connectivity index (χ0v) is 66.7. The second kappa shape index (κ2) is 43.2. The highest BCUT2D eigenvalue weighted by Gasteiger charge is 2.26. The number of carbonyl (C=O) groups excluding carboxylic acids is 4. The minimum atomic E-state index is -0.584. The normalized spacial score (nSPS) is 12.6. The molecule has 604 valence electrons. The maximum Gasteiger partial charge on any atom is 0.267 e. The fourth-order valence-electron chi connectivity index (χ4n) is 14.4. The molecule has 14 rings (SSSR count). The van der Waals surface area contributed by atoms with Crippen LogP contribution in [0.5, 0.6) is 0 Å². The number of aliphatic hydroxyl groups excluding tert-OH is 1. The Hall–Kier alpha value is -12.6. The highest BCUT2D eigenvalue weighted by atomic mass is 16.5. The van der Waals surface area contributed by atoms with Crippen LogP contribution >= 0.6 is 0 Å². The van der Waals surface area contributed by atoms with Crippen LogP contribution < -0.4 is 27.2 Å². The number of aryl methyl sites for hydroxylation is 7. The summed E-state index contributed by atoms with van der Waals surface area (Å²) in [6.07, 6.45) is 20.1. The fourth-order valence-corrected chi connectivity index (χ4v) is 14.4. The van der Waals surface area contributed by atoms with Crippen LogP contribution in [-0.4, -0.2) is 119 Å². The molecule has 0 unspecified atom stereocenters. The molecule has 1 aliphatic rings. The molecule has 1 fully saturated rings. The molecule has 0 radical (unpaired) electrons. The number of fused-ring (bicyclic) bond motifs is 4. The van der Waals surface area contributed by atoms with E-state index in [-0.39, 0.29) is 12.0 Å². The maximum atomic E-state index is 11.4. The lowest BCUT2D eigenvalue weighted by molar-refractivity contribution is -0.124. The van der Waals surface area contributed by atoms with Crippen LogP contribution in [0.1, 0.15) is 120 Å². The molecule has 0 saturated carbocycles. The first kappa shape index (κ1) is 85.3. The first-order valence-corrected chi connectivity index (χ1v) is 39.7. The smallest absolute Gasteiger partial charge is 0.267 e. The highest BCUT2D eigenvalue weighted by molar-refractivity contribution is 5.94. The summed E-state index contributed by atoms with van der Waals surface area (Å²) in [4.78, 5) is 66.9. The van der Waals surface area contributed by atoms with Gasteiger partial charge in [-0.15, -0.1) is 0 Å². The minimum absolute atomic E-state index is 0.0438. The molecule has 13 aromatic rings. The van der Waals surface area contributed by atoms with E-state index >= 15 is 0 Å². The summed E-state index contributed by atoms with van der Waals surface area (Å²) < 4.78 is 9.03. The second-order valence-corrected chi connectivity index (χ2v) is 29.8. The SMILES string of the molecule is CC(C)(C)Cn1c(CCc2ccccc2)nc2cc(/C=C/C(=O)NO)ccc21.CCn1c(CCNCc2ccccc2)nc2cc(/C=C/C(=O)NO)ccc21.O=C(/C=C/c1ccc2c(c1)nc(CCc1ccccc1)n2C1CCN(Cc2ccccc2)CC1)NO.O=C(/C=C/c1ccc2c(c1)nc(CCc1ccccc1)n2CCO)NO. The Labute approximate surface area is 682 Å². The van der Waals surface area contributed by atoms with Crippen LogP contribution in [0.2, 0.25) is 0 Å². The molecule has 5 heterocycles. The lowest BCUT2D eigenvalue weighted by atomic mass is 9.96. The van der Waals surface area contributed by atoms with Gasteiger partial charge in [-0.2, -0.15) is 0 Å². The number of amides is 4. The number of aliphatic hydroxyl groups is 1. The van der Waals surface area contributed by atoms with Gasteiger partial charge in [-0.05, 0) is 167 Å². The first-order chi connectivity index (χ1) is 57.0. The van der Waals surface area contributed by atoms with Gasteiger partial charge in [0.15, 0.2) is 0 Å². The number of benzene rings is 9. The van der Waals surface area contributed by atoms with Crippen molar-refractivity contribution in [3.63, 3.8) is 0 Å². The lowest BCUT2D eigenvalue weighted by Crippen LogP contribution is -2.34. The predicted molar refractivity (Wildman–Crippen MR) is 460 cm³/mol. The topological polar surface area (TPSA) is 304 Å². The summed E-state index contributed by atoms with van der Waals surface area (Å²) in [5.74, 6) is 1.91. The van der Waals surface area contributed by atoms with E-state index in [1.54, 1.807) is 46.2 Å². The van der Waals surface area contributed by atoms with Crippen molar-refractivity contribution >= 4 is 92.1 Å². The Bertz CT molecular complexity index is 5510. The predicted octanol–water partition coefficient (Wildman–Crippen LogP) is 14.8. The first-order valence-electron chi connectivity index (χ1n) is 39.7. The van der Waals surface area contributed by atoms with Crippen LogP contribution in [0.25, 0.3) is 68.4 Å². The molecular weight excluding hydrogens is 1470 g/mol. The van der Waals surface area contributed by atoms with Gasteiger partial charge in [-0.3, -0.25) is 44.9 Å². The molecule has 4 aromatic heterocycles. The Morgan fingerprint density at radius 2 is 0.752 bits per heavy atom. The van der Waals surface area contributed by atoms with Crippen molar-refractivity contribution in [1.29, 1.82) is 0 Å². The molecule has 1 saturated heterocycles.